The van der Waals surface area contributed by atoms with Crippen molar-refractivity contribution in [2.75, 3.05) is 0 Å². The first-order valence-corrected chi connectivity index (χ1v) is 17.4. The summed E-state index contributed by atoms with van der Waals surface area (Å²) < 4.78 is 36.1. The zero-order valence-electron chi connectivity index (χ0n) is 25.6. The molecule has 0 aliphatic heterocycles. The van der Waals surface area contributed by atoms with Crippen molar-refractivity contribution in [3.05, 3.63) is 41.5 Å². The van der Waals surface area contributed by atoms with Gasteiger partial charge in [0.25, 0.3) is 0 Å². The Hall–Kier alpha value is -0.390. The molecule has 0 spiro atoms. The van der Waals surface area contributed by atoms with Crippen molar-refractivity contribution < 1.29 is 42.5 Å². The van der Waals surface area contributed by atoms with Crippen LogP contribution in [-0.2, 0) is 23.0 Å². The van der Waals surface area contributed by atoms with Crippen LogP contribution in [0, 0.1) is 0 Å². The molecular weight excluding hydrogens is 511 g/mol. The van der Waals surface area contributed by atoms with Crippen molar-refractivity contribution in [1.82, 2.24) is 0 Å². The Morgan fingerprint density at radius 1 is 0.538 bits per heavy atom. The first kappa shape index (κ1) is 36.6. The molecule has 3 nitrogen and oxygen atoms in total. The van der Waals surface area contributed by atoms with E-state index in [4.69, 9.17) is 0 Å². The number of benzene rings is 2. The first-order valence-electron chi connectivity index (χ1n) is 16.0. The summed E-state index contributed by atoms with van der Waals surface area (Å²) in [4.78, 5) is -0.0532. The van der Waals surface area contributed by atoms with Gasteiger partial charge in [-0.3, -0.25) is 0 Å². The average molecular weight is 567 g/mol. The van der Waals surface area contributed by atoms with Crippen LogP contribution in [0.2, 0.25) is 0 Å². The van der Waals surface area contributed by atoms with E-state index in [1.54, 1.807) is 6.07 Å². The Labute approximate surface area is 263 Å². The largest absolute Gasteiger partial charge is 1.00 e. The molecule has 0 saturated carbocycles. The van der Waals surface area contributed by atoms with Gasteiger partial charge in [0, 0.05) is 0 Å². The summed E-state index contributed by atoms with van der Waals surface area (Å²) >= 11 is 0. The molecule has 0 bridgehead atoms. The molecule has 0 N–H and O–H groups in total. The maximum atomic E-state index is 12.0. The Morgan fingerprint density at radius 3 is 1.36 bits per heavy atom. The standard InChI is InChI=1S/C34H56O3S.Na/c1-3-5-7-9-11-13-15-17-19-21-23-30-25-26-33-32(27-30)28-31(29-34(33)38(35,36)37)24-22-20-18-16-14-12-10-8-6-4-2;/h25-29H,3-24H2,1-2H3,(H,35,36,37);/q;+1/p-1. The van der Waals surface area contributed by atoms with Crippen molar-refractivity contribution in [2.24, 2.45) is 0 Å². The molecule has 0 unspecified atom stereocenters. The molecule has 2 rings (SSSR count). The van der Waals surface area contributed by atoms with Crippen LogP contribution >= 0.6 is 0 Å². The normalized spacial score (nSPS) is 11.7. The molecule has 216 valence electrons. The molecule has 2 aromatic carbocycles. The second kappa shape index (κ2) is 22.2. The molecule has 39 heavy (non-hydrogen) atoms. The Kier molecular flexibility index (Phi) is 20.9. The van der Waals surface area contributed by atoms with Gasteiger partial charge in [0.05, 0.1) is 4.90 Å². The number of rotatable bonds is 23. The summed E-state index contributed by atoms with van der Waals surface area (Å²) in [5.74, 6) is 0. The monoisotopic (exact) mass is 566 g/mol. The molecule has 0 aliphatic carbocycles. The molecule has 0 saturated heterocycles. The van der Waals surface area contributed by atoms with Crippen LogP contribution in [0.3, 0.4) is 0 Å². The van der Waals surface area contributed by atoms with E-state index in [1.165, 1.54) is 115 Å². The molecule has 0 heterocycles. The summed E-state index contributed by atoms with van der Waals surface area (Å²) in [6, 6.07) is 9.70. The van der Waals surface area contributed by atoms with Gasteiger partial charge >= 0.3 is 29.6 Å². The van der Waals surface area contributed by atoms with Gasteiger partial charge in [-0.2, -0.15) is 0 Å². The predicted molar refractivity (Wildman–Crippen MR) is 163 cm³/mol. The average Bonchev–Trinajstić information content (AvgIpc) is 2.89. The van der Waals surface area contributed by atoms with Crippen molar-refractivity contribution in [3.8, 4) is 0 Å². The van der Waals surface area contributed by atoms with Crippen molar-refractivity contribution >= 4 is 20.9 Å². The van der Waals surface area contributed by atoms with Crippen LogP contribution in [0.1, 0.15) is 153 Å². The van der Waals surface area contributed by atoms with Gasteiger partial charge in [-0.05, 0) is 53.6 Å². The van der Waals surface area contributed by atoms with Crippen molar-refractivity contribution in [1.29, 1.82) is 0 Å². The zero-order chi connectivity index (χ0) is 27.5. The topological polar surface area (TPSA) is 57.2 Å². The SMILES string of the molecule is CCCCCCCCCCCCc1ccc2c(S(=O)(=O)[O-])cc(CCCCCCCCCCCC)cc2c1.[Na+]. The molecule has 0 fully saturated rings. The van der Waals surface area contributed by atoms with E-state index < -0.39 is 10.1 Å². The first-order chi connectivity index (χ1) is 18.5. The fourth-order valence-electron chi connectivity index (χ4n) is 5.58. The fraction of sp³-hybridized carbons (Fsp3) is 0.706. The smallest absolute Gasteiger partial charge is 0.744 e. The van der Waals surface area contributed by atoms with Crippen LogP contribution in [0.5, 0.6) is 0 Å². The number of aryl methyl sites for hydroxylation is 2. The Bertz CT molecular complexity index is 998. The van der Waals surface area contributed by atoms with E-state index in [1.807, 2.05) is 12.1 Å². The molecule has 0 amide bonds. The summed E-state index contributed by atoms with van der Waals surface area (Å²) in [5, 5.41) is 1.47. The van der Waals surface area contributed by atoms with Gasteiger partial charge in [0.15, 0.2) is 0 Å². The van der Waals surface area contributed by atoms with Gasteiger partial charge in [-0.25, -0.2) is 8.42 Å². The maximum Gasteiger partial charge on any atom is 1.00 e. The number of fused-ring (bicyclic) bond motifs is 1. The van der Waals surface area contributed by atoms with Gasteiger partial charge in [0.1, 0.15) is 10.1 Å². The van der Waals surface area contributed by atoms with Crippen LogP contribution in [0.4, 0.5) is 0 Å². The van der Waals surface area contributed by atoms with Crippen LogP contribution in [-0.4, -0.2) is 13.0 Å². The molecule has 0 radical (unpaired) electrons. The molecular formula is C34H55NaO3S. The van der Waals surface area contributed by atoms with E-state index in [2.05, 4.69) is 26.0 Å². The van der Waals surface area contributed by atoms with Crippen LogP contribution < -0.4 is 29.6 Å². The van der Waals surface area contributed by atoms with Gasteiger partial charge in [-0.15, -0.1) is 0 Å². The maximum absolute atomic E-state index is 12.0. The van der Waals surface area contributed by atoms with E-state index in [9.17, 15) is 13.0 Å². The fourth-order valence-corrected chi connectivity index (χ4v) is 6.33. The minimum Gasteiger partial charge on any atom is -0.744 e. The molecule has 2 aromatic rings. The third kappa shape index (κ3) is 16.0. The zero-order valence-corrected chi connectivity index (χ0v) is 28.4. The minimum atomic E-state index is -4.50. The van der Waals surface area contributed by atoms with Gasteiger partial charge < -0.3 is 4.55 Å². The Morgan fingerprint density at radius 2 is 0.923 bits per heavy atom. The number of hydrogen-bond donors (Lipinski definition) is 0. The quantitative estimate of drug-likeness (QED) is 0.0788. The van der Waals surface area contributed by atoms with E-state index in [-0.39, 0.29) is 34.5 Å². The number of hydrogen-bond acceptors (Lipinski definition) is 3. The summed E-state index contributed by atoms with van der Waals surface area (Å²) in [5.41, 5.74) is 2.21. The van der Waals surface area contributed by atoms with E-state index in [0.717, 1.165) is 43.1 Å². The third-order valence-corrected chi connectivity index (χ3v) is 8.82. The molecule has 0 aromatic heterocycles. The number of unbranched alkanes of at least 4 members (excludes halogenated alkanes) is 18. The summed E-state index contributed by atoms with van der Waals surface area (Å²) in [6.07, 6.45) is 27.8. The summed E-state index contributed by atoms with van der Waals surface area (Å²) in [6.45, 7) is 4.52. The predicted octanol–water partition coefficient (Wildman–Crippen LogP) is 7.67. The van der Waals surface area contributed by atoms with Crippen LogP contribution in [0.25, 0.3) is 10.8 Å². The van der Waals surface area contributed by atoms with Crippen molar-refractivity contribution in [2.45, 2.75) is 160 Å². The third-order valence-electron chi connectivity index (χ3n) is 7.95. The Balaban J connectivity index is 0.00000760. The second-order valence-corrected chi connectivity index (χ2v) is 12.8. The van der Waals surface area contributed by atoms with Gasteiger partial charge in [-0.1, -0.05) is 154 Å². The van der Waals surface area contributed by atoms with E-state index >= 15 is 0 Å². The minimum absolute atomic E-state index is 0. The van der Waals surface area contributed by atoms with Gasteiger partial charge in [0.2, 0.25) is 0 Å². The van der Waals surface area contributed by atoms with E-state index in [0.29, 0.717) is 5.39 Å². The van der Waals surface area contributed by atoms with Crippen LogP contribution in [0.15, 0.2) is 35.2 Å². The summed E-state index contributed by atoms with van der Waals surface area (Å²) in [7, 11) is -4.50. The van der Waals surface area contributed by atoms with Crippen molar-refractivity contribution in [3.63, 3.8) is 0 Å². The second-order valence-electron chi connectivity index (χ2n) is 11.5. The molecule has 5 heteroatoms. The molecule has 0 atom stereocenters. The molecule has 0 aliphatic rings.